The molecule has 0 heterocycles. The van der Waals surface area contributed by atoms with E-state index >= 15 is 0 Å². The highest BCUT2D eigenvalue weighted by Gasteiger charge is 2.53. The molecule has 1 N–H and O–H groups in total. The smallest absolute Gasteiger partial charge is 0.328 e. The molecule has 1 amide bonds. The lowest BCUT2D eigenvalue weighted by molar-refractivity contribution is -0.146. The highest BCUT2D eigenvalue weighted by atomic mass is 16.5. The lowest BCUT2D eigenvalue weighted by Crippen LogP contribution is -2.49. The molecule has 1 aromatic rings. The van der Waals surface area contributed by atoms with E-state index < -0.39 is 6.04 Å². The van der Waals surface area contributed by atoms with E-state index in [2.05, 4.69) is 36.5 Å². The van der Waals surface area contributed by atoms with Gasteiger partial charge in [0.2, 0.25) is 5.91 Å². The number of aryl methyl sites for hydroxylation is 1. The quantitative estimate of drug-likeness (QED) is 0.710. The van der Waals surface area contributed by atoms with Crippen LogP contribution < -0.4 is 10.1 Å². The van der Waals surface area contributed by atoms with Gasteiger partial charge in [0.15, 0.2) is 0 Å². The number of ether oxygens (including phenoxy) is 2. The number of carbonyl (C=O) groups is 2. The van der Waals surface area contributed by atoms with Crippen LogP contribution in [0.1, 0.15) is 63.5 Å². The Morgan fingerprint density at radius 2 is 1.97 bits per heavy atom. The van der Waals surface area contributed by atoms with Gasteiger partial charge >= 0.3 is 5.97 Å². The topological polar surface area (TPSA) is 64.6 Å². The highest BCUT2D eigenvalue weighted by molar-refractivity contribution is 5.97. The van der Waals surface area contributed by atoms with Gasteiger partial charge in [-0.2, -0.15) is 0 Å². The van der Waals surface area contributed by atoms with Crippen LogP contribution in [0.3, 0.4) is 0 Å². The summed E-state index contributed by atoms with van der Waals surface area (Å²) < 4.78 is 10.3. The van der Waals surface area contributed by atoms with Crippen LogP contribution in [0.2, 0.25) is 0 Å². The molecule has 1 saturated carbocycles. The molecule has 0 spiro atoms. The zero-order valence-electron chi connectivity index (χ0n) is 19.4. The average Bonchev–Trinajstić information content (AvgIpc) is 3.13. The van der Waals surface area contributed by atoms with E-state index in [-0.39, 0.29) is 23.2 Å². The Hall–Kier alpha value is -2.30. The number of nitrogens with one attached hydrogen (secondary N) is 1. The Morgan fingerprint density at radius 3 is 2.65 bits per heavy atom. The van der Waals surface area contributed by atoms with Gasteiger partial charge in [0.1, 0.15) is 11.8 Å². The van der Waals surface area contributed by atoms with Crippen LogP contribution in [-0.2, 0) is 20.7 Å². The Bertz CT molecular complexity index is 905. The van der Waals surface area contributed by atoms with Gasteiger partial charge in [-0.3, -0.25) is 4.79 Å². The summed E-state index contributed by atoms with van der Waals surface area (Å²) >= 11 is 0. The lowest BCUT2D eigenvalue weighted by atomic mass is 9.54. The van der Waals surface area contributed by atoms with Gasteiger partial charge in [-0.25, -0.2) is 4.79 Å². The predicted octanol–water partition coefficient (Wildman–Crippen LogP) is 4.40. The maximum atomic E-state index is 13.3. The Balaban J connectivity index is 1.54. The van der Waals surface area contributed by atoms with Crippen molar-refractivity contribution in [3.63, 3.8) is 0 Å². The molecule has 0 saturated heterocycles. The number of esters is 1. The van der Waals surface area contributed by atoms with E-state index in [9.17, 15) is 9.59 Å². The molecule has 3 aliphatic carbocycles. The fourth-order valence-corrected chi connectivity index (χ4v) is 6.45. The maximum Gasteiger partial charge on any atom is 0.328 e. The third-order valence-electron chi connectivity index (χ3n) is 8.17. The van der Waals surface area contributed by atoms with Crippen molar-refractivity contribution < 1.29 is 19.1 Å². The fourth-order valence-electron chi connectivity index (χ4n) is 6.45. The van der Waals surface area contributed by atoms with Crippen molar-refractivity contribution in [1.29, 1.82) is 0 Å². The summed E-state index contributed by atoms with van der Waals surface area (Å²) in [5, 5.41) is 2.97. The molecule has 31 heavy (non-hydrogen) atoms. The van der Waals surface area contributed by atoms with Crippen LogP contribution in [0, 0.1) is 23.2 Å². The number of methoxy groups -OCH3 is 2. The second-order valence-electron chi connectivity index (χ2n) is 10.0. The number of fused-ring (bicyclic) bond motifs is 5. The Labute approximate surface area is 185 Å². The average molecular weight is 426 g/mol. The molecule has 0 bridgehead atoms. The van der Waals surface area contributed by atoms with Gasteiger partial charge in [0.05, 0.1) is 14.2 Å². The third kappa shape index (κ3) is 3.66. The zero-order valence-corrected chi connectivity index (χ0v) is 19.4. The van der Waals surface area contributed by atoms with E-state index in [1.807, 2.05) is 13.8 Å². The second kappa shape index (κ2) is 8.33. The molecular formula is C26H35NO4. The molecule has 1 fully saturated rings. The minimum atomic E-state index is -0.617. The molecular weight excluding hydrogens is 390 g/mol. The van der Waals surface area contributed by atoms with Crippen molar-refractivity contribution in [2.45, 2.75) is 64.8 Å². The van der Waals surface area contributed by atoms with Crippen molar-refractivity contribution in [2.75, 3.05) is 14.2 Å². The molecule has 3 aliphatic rings. The number of benzene rings is 1. The van der Waals surface area contributed by atoms with Crippen molar-refractivity contribution >= 4 is 11.9 Å². The number of amides is 1. The molecule has 5 nitrogen and oxygen atoms in total. The van der Waals surface area contributed by atoms with Crippen LogP contribution in [-0.4, -0.2) is 32.1 Å². The van der Waals surface area contributed by atoms with Crippen LogP contribution in [0.4, 0.5) is 0 Å². The van der Waals surface area contributed by atoms with Crippen LogP contribution >= 0.6 is 0 Å². The van der Waals surface area contributed by atoms with Crippen LogP contribution in [0.25, 0.3) is 0 Å². The SMILES string of the molecule is COC(=O)C(NC(=O)C1=CC[C@H]2[C@@H]3CCc4cc(OC)ccc4[C@H]3CC[C@@]12C)C(C)C. The van der Waals surface area contributed by atoms with Crippen LogP contribution in [0.15, 0.2) is 29.8 Å². The minimum Gasteiger partial charge on any atom is -0.497 e. The summed E-state index contributed by atoms with van der Waals surface area (Å²) in [4.78, 5) is 25.4. The number of allylic oxidation sites excluding steroid dienone is 1. The molecule has 1 aromatic carbocycles. The summed E-state index contributed by atoms with van der Waals surface area (Å²) in [6.45, 7) is 6.11. The molecule has 1 unspecified atom stereocenters. The van der Waals surface area contributed by atoms with Gasteiger partial charge in [-0.05, 0) is 79.0 Å². The van der Waals surface area contributed by atoms with E-state index in [1.54, 1.807) is 7.11 Å². The fraction of sp³-hybridized carbons (Fsp3) is 0.615. The van der Waals surface area contributed by atoms with Gasteiger partial charge < -0.3 is 14.8 Å². The normalized spacial score (nSPS) is 29.9. The number of hydrogen-bond acceptors (Lipinski definition) is 4. The van der Waals surface area contributed by atoms with Gasteiger partial charge in [0.25, 0.3) is 0 Å². The van der Waals surface area contributed by atoms with Crippen molar-refractivity contribution in [1.82, 2.24) is 5.32 Å². The van der Waals surface area contributed by atoms with E-state index in [4.69, 9.17) is 9.47 Å². The first-order valence-corrected chi connectivity index (χ1v) is 11.6. The van der Waals surface area contributed by atoms with E-state index in [0.717, 1.165) is 43.4 Å². The summed E-state index contributed by atoms with van der Waals surface area (Å²) in [5.74, 6) is 2.04. The molecule has 0 radical (unpaired) electrons. The number of carbonyl (C=O) groups excluding carboxylic acids is 2. The minimum absolute atomic E-state index is 0.0235. The van der Waals surface area contributed by atoms with Crippen molar-refractivity contribution in [3.8, 4) is 5.75 Å². The van der Waals surface area contributed by atoms with Crippen molar-refractivity contribution in [3.05, 3.63) is 41.0 Å². The molecule has 0 aliphatic heterocycles. The summed E-state index contributed by atoms with van der Waals surface area (Å²) in [6, 6.07) is 5.92. The maximum absolute atomic E-state index is 13.3. The Kier molecular flexibility index (Phi) is 5.89. The molecule has 0 aromatic heterocycles. The summed E-state index contributed by atoms with van der Waals surface area (Å²) in [6.07, 6.45) is 7.39. The predicted molar refractivity (Wildman–Crippen MR) is 120 cm³/mol. The molecule has 5 atom stereocenters. The van der Waals surface area contributed by atoms with Gasteiger partial charge in [0, 0.05) is 11.0 Å². The molecule has 168 valence electrons. The highest BCUT2D eigenvalue weighted by Crippen LogP contribution is 2.61. The molecule has 4 rings (SSSR count). The number of hydrogen-bond donors (Lipinski definition) is 1. The number of rotatable bonds is 5. The Morgan fingerprint density at radius 1 is 1.19 bits per heavy atom. The lowest BCUT2D eigenvalue weighted by Gasteiger charge is -2.50. The van der Waals surface area contributed by atoms with Gasteiger partial charge in [-0.15, -0.1) is 0 Å². The summed E-state index contributed by atoms with van der Waals surface area (Å²) in [7, 11) is 3.09. The monoisotopic (exact) mass is 425 g/mol. The first-order chi connectivity index (χ1) is 14.8. The summed E-state index contributed by atoms with van der Waals surface area (Å²) in [5.41, 5.74) is 3.63. The molecule has 5 heteroatoms. The third-order valence-corrected chi connectivity index (χ3v) is 8.17. The second-order valence-corrected chi connectivity index (χ2v) is 10.0. The standard InChI is InChI=1S/C26H35NO4/c1-15(2)23(25(29)31-5)27-24(28)22-11-10-21-20-8-6-16-14-17(30-4)7-9-18(16)19(20)12-13-26(21,22)3/h7,9,11,14-15,19-21,23H,6,8,10,12-13H2,1-5H3,(H,27,28)/t19-,20-,21+,23?,26-/m1/s1. The zero-order chi connectivity index (χ0) is 22.3. The van der Waals surface area contributed by atoms with E-state index in [1.165, 1.54) is 18.2 Å². The largest absolute Gasteiger partial charge is 0.497 e. The van der Waals surface area contributed by atoms with Gasteiger partial charge in [-0.1, -0.05) is 32.9 Å². The first-order valence-electron chi connectivity index (χ1n) is 11.6. The first kappa shape index (κ1) is 21.9. The van der Waals surface area contributed by atoms with Crippen LogP contribution in [0.5, 0.6) is 5.75 Å². The van der Waals surface area contributed by atoms with Crippen molar-refractivity contribution in [2.24, 2.45) is 23.2 Å². The van der Waals surface area contributed by atoms with E-state index in [0.29, 0.717) is 17.8 Å².